The van der Waals surface area contributed by atoms with Crippen molar-refractivity contribution in [1.82, 2.24) is 5.32 Å². The number of nitrogens with one attached hydrogen (secondary N) is 1. The van der Waals surface area contributed by atoms with Gasteiger partial charge in [-0.3, -0.25) is 9.10 Å². The molecule has 0 unspecified atom stereocenters. The van der Waals surface area contributed by atoms with Gasteiger partial charge in [0.2, 0.25) is 5.91 Å². The molecule has 0 radical (unpaired) electrons. The molecule has 0 bridgehead atoms. The number of benzene rings is 3. The molecule has 0 fully saturated rings. The Morgan fingerprint density at radius 2 is 1.73 bits per heavy atom. The first-order chi connectivity index (χ1) is 17.6. The highest BCUT2D eigenvalue weighted by Gasteiger charge is 2.39. The Hall–Kier alpha value is -3.03. The maximum Gasteiger partial charge on any atom is 0.264 e. The van der Waals surface area contributed by atoms with E-state index in [9.17, 15) is 13.2 Å². The minimum atomic E-state index is -4.04. The fraction of sp³-hybridized carbons (Fsp3) is 0.345. The summed E-state index contributed by atoms with van der Waals surface area (Å²) < 4.78 is 35.0. The van der Waals surface area contributed by atoms with Crippen LogP contribution in [0.15, 0.2) is 71.6 Å². The predicted octanol–water partition coefficient (Wildman–Crippen LogP) is 6.35. The molecular weight excluding hydrogens is 508 g/mol. The van der Waals surface area contributed by atoms with Crippen LogP contribution in [0.3, 0.4) is 0 Å². The Morgan fingerprint density at radius 3 is 2.38 bits per heavy atom. The molecular formula is C29H33ClN2O4S. The molecule has 1 amide bonds. The summed E-state index contributed by atoms with van der Waals surface area (Å²) in [7, 11) is -4.04. The van der Waals surface area contributed by atoms with Crippen LogP contribution in [0.5, 0.6) is 5.75 Å². The molecule has 0 spiro atoms. The zero-order chi connectivity index (χ0) is 26.8. The zero-order valence-electron chi connectivity index (χ0n) is 21.6. The lowest BCUT2D eigenvalue weighted by Crippen LogP contribution is -2.47. The van der Waals surface area contributed by atoms with Gasteiger partial charge in [0, 0.05) is 17.0 Å². The SMILES string of the molecule is CCC1(CC)C[C@H](NC(=O)CN(c2ccc(C)c(Cl)c2)S(=O)(=O)c2ccc(C)cc2)c2ccccc2O1. The van der Waals surface area contributed by atoms with E-state index in [1.165, 1.54) is 0 Å². The number of sulfonamides is 1. The summed E-state index contributed by atoms with van der Waals surface area (Å²) in [5.41, 5.74) is 2.58. The van der Waals surface area contributed by atoms with Crippen molar-refractivity contribution in [3.8, 4) is 5.75 Å². The Morgan fingerprint density at radius 1 is 1.05 bits per heavy atom. The van der Waals surface area contributed by atoms with Crippen LogP contribution < -0.4 is 14.4 Å². The first-order valence-electron chi connectivity index (χ1n) is 12.5. The van der Waals surface area contributed by atoms with E-state index in [0.717, 1.165) is 39.6 Å². The fourth-order valence-corrected chi connectivity index (χ4v) is 6.28. The van der Waals surface area contributed by atoms with Gasteiger partial charge in [-0.25, -0.2) is 8.42 Å². The van der Waals surface area contributed by atoms with Crippen molar-refractivity contribution in [3.63, 3.8) is 0 Å². The number of aryl methyl sites for hydroxylation is 2. The Kier molecular flexibility index (Phi) is 7.85. The number of fused-ring (bicyclic) bond motifs is 1. The maximum atomic E-state index is 13.7. The summed E-state index contributed by atoms with van der Waals surface area (Å²) in [4.78, 5) is 13.6. The van der Waals surface area contributed by atoms with Crippen molar-refractivity contribution < 1.29 is 17.9 Å². The highest BCUT2D eigenvalue weighted by Crippen LogP contribution is 2.42. The number of carbonyl (C=O) groups is 1. The molecule has 1 atom stereocenters. The molecule has 4 rings (SSSR count). The molecule has 3 aromatic carbocycles. The summed E-state index contributed by atoms with van der Waals surface area (Å²) in [6, 6.07) is 19.0. The minimum absolute atomic E-state index is 0.106. The van der Waals surface area contributed by atoms with Crippen LogP contribution in [0, 0.1) is 13.8 Å². The average molecular weight is 541 g/mol. The topological polar surface area (TPSA) is 75.7 Å². The number of rotatable bonds is 8. The third kappa shape index (κ3) is 5.63. The van der Waals surface area contributed by atoms with Crippen molar-refractivity contribution in [2.24, 2.45) is 0 Å². The van der Waals surface area contributed by atoms with Gasteiger partial charge in [0.1, 0.15) is 17.9 Å². The van der Waals surface area contributed by atoms with Crippen molar-refractivity contribution in [3.05, 3.63) is 88.4 Å². The molecule has 8 heteroatoms. The fourth-order valence-electron chi connectivity index (χ4n) is 4.69. The van der Waals surface area contributed by atoms with Crippen LogP contribution >= 0.6 is 11.6 Å². The maximum absolute atomic E-state index is 13.7. The molecule has 3 aromatic rings. The van der Waals surface area contributed by atoms with Crippen LogP contribution in [0.2, 0.25) is 5.02 Å². The molecule has 1 aliphatic rings. The van der Waals surface area contributed by atoms with Crippen LogP contribution in [0.25, 0.3) is 0 Å². The van der Waals surface area contributed by atoms with Gasteiger partial charge in [0.05, 0.1) is 16.6 Å². The summed E-state index contributed by atoms with van der Waals surface area (Å²) in [5.74, 6) is 0.340. The molecule has 1 aliphatic heterocycles. The molecule has 6 nitrogen and oxygen atoms in total. The lowest BCUT2D eigenvalue weighted by atomic mass is 9.83. The third-order valence-corrected chi connectivity index (χ3v) is 9.36. The normalized spacial score (nSPS) is 16.4. The van der Waals surface area contributed by atoms with E-state index >= 15 is 0 Å². The quantitative estimate of drug-likeness (QED) is 0.361. The van der Waals surface area contributed by atoms with Crippen molar-refractivity contribution in [2.45, 2.75) is 63.5 Å². The van der Waals surface area contributed by atoms with Crippen molar-refractivity contribution in [1.29, 1.82) is 0 Å². The van der Waals surface area contributed by atoms with Crippen LogP contribution in [-0.4, -0.2) is 26.5 Å². The molecule has 196 valence electrons. The van der Waals surface area contributed by atoms with E-state index in [0.29, 0.717) is 17.1 Å². The van der Waals surface area contributed by atoms with Gasteiger partial charge in [-0.1, -0.05) is 67.4 Å². The second-order valence-electron chi connectivity index (χ2n) is 9.61. The van der Waals surface area contributed by atoms with E-state index in [4.69, 9.17) is 16.3 Å². The Labute approximate surface area is 224 Å². The van der Waals surface area contributed by atoms with E-state index in [1.807, 2.05) is 38.1 Å². The van der Waals surface area contributed by atoms with Gasteiger partial charge < -0.3 is 10.1 Å². The van der Waals surface area contributed by atoms with Crippen molar-refractivity contribution in [2.75, 3.05) is 10.8 Å². The van der Waals surface area contributed by atoms with E-state index in [-0.39, 0.29) is 17.5 Å². The second-order valence-corrected chi connectivity index (χ2v) is 11.9. The van der Waals surface area contributed by atoms with E-state index in [1.54, 1.807) is 42.5 Å². The smallest absolute Gasteiger partial charge is 0.264 e. The van der Waals surface area contributed by atoms with Crippen LogP contribution in [0.1, 0.15) is 55.8 Å². The molecule has 0 saturated heterocycles. The molecule has 0 aromatic heterocycles. The van der Waals surface area contributed by atoms with Gasteiger partial charge in [0.15, 0.2) is 0 Å². The largest absolute Gasteiger partial charge is 0.487 e. The highest BCUT2D eigenvalue weighted by molar-refractivity contribution is 7.92. The zero-order valence-corrected chi connectivity index (χ0v) is 23.2. The number of para-hydroxylation sites is 1. The van der Waals surface area contributed by atoms with Crippen molar-refractivity contribution >= 4 is 33.2 Å². The molecule has 1 heterocycles. The Bertz CT molecular complexity index is 1390. The van der Waals surface area contributed by atoms with E-state index in [2.05, 4.69) is 19.2 Å². The first kappa shape index (κ1) is 27.0. The number of hydrogen-bond donors (Lipinski definition) is 1. The molecule has 1 N–H and O–H groups in total. The van der Waals surface area contributed by atoms with E-state index < -0.39 is 21.5 Å². The minimum Gasteiger partial charge on any atom is -0.487 e. The number of halogens is 1. The molecule has 0 aliphatic carbocycles. The van der Waals surface area contributed by atoms with Crippen LogP contribution in [-0.2, 0) is 14.8 Å². The van der Waals surface area contributed by atoms with Gasteiger partial charge in [-0.2, -0.15) is 0 Å². The van der Waals surface area contributed by atoms with Gasteiger partial charge in [-0.15, -0.1) is 0 Å². The number of carbonyl (C=O) groups excluding carboxylic acids is 1. The van der Waals surface area contributed by atoms with Crippen LogP contribution in [0.4, 0.5) is 5.69 Å². The number of amides is 1. The molecule has 0 saturated carbocycles. The number of hydrogen-bond acceptors (Lipinski definition) is 4. The second kappa shape index (κ2) is 10.8. The summed E-state index contributed by atoms with van der Waals surface area (Å²) in [5, 5.41) is 3.53. The lowest BCUT2D eigenvalue weighted by molar-refractivity contribution is -0.121. The standard InChI is InChI=1S/C29H33ClN2O4S/c1-5-29(6-2)18-26(24-9-7-8-10-27(24)36-29)31-28(33)19-32(22-14-13-21(4)25(30)17-22)37(34,35)23-15-11-20(3)12-16-23/h7-17,26H,5-6,18-19H2,1-4H3,(H,31,33)/t26-/m0/s1. The average Bonchev–Trinajstić information content (AvgIpc) is 2.89. The monoisotopic (exact) mass is 540 g/mol. The number of nitrogens with zero attached hydrogens (tertiary/aromatic N) is 1. The predicted molar refractivity (Wildman–Crippen MR) is 148 cm³/mol. The van der Waals surface area contributed by atoms with Gasteiger partial charge in [-0.05, 0) is 62.6 Å². The summed E-state index contributed by atoms with van der Waals surface area (Å²) >= 11 is 6.35. The third-order valence-electron chi connectivity index (χ3n) is 7.16. The Balaban J connectivity index is 1.67. The first-order valence-corrected chi connectivity index (χ1v) is 14.3. The number of ether oxygens (including phenoxy) is 1. The summed E-state index contributed by atoms with van der Waals surface area (Å²) in [6.45, 7) is 7.49. The molecule has 37 heavy (non-hydrogen) atoms. The number of anilines is 1. The summed E-state index contributed by atoms with van der Waals surface area (Å²) in [6.07, 6.45) is 2.18. The highest BCUT2D eigenvalue weighted by atomic mass is 35.5. The van der Waals surface area contributed by atoms with Gasteiger partial charge >= 0.3 is 0 Å². The lowest BCUT2D eigenvalue weighted by Gasteiger charge is -2.41. The van der Waals surface area contributed by atoms with Gasteiger partial charge in [0.25, 0.3) is 10.0 Å².